The lowest BCUT2D eigenvalue weighted by Crippen LogP contribution is -2.30. The summed E-state index contributed by atoms with van der Waals surface area (Å²) in [7, 11) is -3.89. The first-order valence-corrected chi connectivity index (χ1v) is 7.92. The SMILES string of the molecule is CCN(c1cccc(F)c1)S(=O)(=O)c1ccc(C(=O)O)cc1. The van der Waals surface area contributed by atoms with Crippen LogP contribution in [0.25, 0.3) is 0 Å². The third-order valence-electron chi connectivity index (χ3n) is 3.07. The topological polar surface area (TPSA) is 74.7 Å². The molecule has 5 nitrogen and oxygen atoms in total. The first-order chi connectivity index (χ1) is 10.4. The van der Waals surface area contributed by atoms with Crippen molar-refractivity contribution in [3.63, 3.8) is 0 Å². The molecule has 0 heterocycles. The van der Waals surface area contributed by atoms with Crippen molar-refractivity contribution in [2.45, 2.75) is 11.8 Å². The molecule has 0 unspecified atom stereocenters. The Morgan fingerprint density at radius 2 is 1.82 bits per heavy atom. The Kier molecular flexibility index (Phi) is 4.46. The number of carboxylic acid groups (broad SMARTS) is 1. The third kappa shape index (κ3) is 3.09. The molecule has 0 fully saturated rings. The lowest BCUT2D eigenvalue weighted by atomic mass is 10.2. The van der Waals surface area contributed by atoms with Crippen molar-refractivity contribution in [3.8, 4) is 0 Å². The highest BCUT2D eigenvalue weighted by Gasteiger charge is 2.24. The van der Waals surface area contributed by atoms with E-state index in [0.29, 0.717) is 0 Å². The number of benzene rings is 2. The van der Waals surface area contributed by atoms with Gasteiger partial charge in [0, 0.05) is 6.54 Å². The number of anilines is 1. The molecular formula is C15H14FNO4S. The molecule has 0 aromatic heterocycles. The van der Waals surface area contributed by atoms with E-state index < -0.39 is 21.8 Å². The van der Waals surface area contributed by atoms with E-state index in [1.807, 2.05) is 0 Å². The van der Waals surface area contributed by atoms with Gasteiger partial charge in [-0.3, -0.25) is 4.31 Å². The minimum absolute atomic E-state index is 0.00671. The molecule has 0 aliphatic carbocycles. The molecule has 22 heavy (non-hydrogen) atoms. The van der Waals surface area contributed by atoms with Gasteiger partial charge in [-0.15, -0.1) is 0 Å². The summed E-state index contributed by atoms with van der Waals surface area (Å²) in [5.74, 6) is -1.67. The Balaban J connectivity index is 2.44. The van der Waals surface area contributed by atoms with Crippen molar-refractivity contribution < 1.29 is 22.7 Å². The van der Waals surface area contributed by atoms with Crippen molar-refractivity contribution in [2.24, 2.45) is 0 Å². The quantitative estimate of drug-likeness (QED) is 0.918. The number of carboxylic acids is 1. The zero-order valence-electron chi connectivity index (χ0n) is 11.7. The van der Waals surface area contributed by atoms with Gasteiger partial charge in [0.1, 0.15) is 5.82 Å². The van der Waals surface area contributed by atoms with Gasteiger partial charge in [0.25, 0.3) is 10.0 Å². The highest BCUT2D eigenvalue weighted by molar-refractivity contribution is 7.92. The average molecular weight is 323 g/mol. The van der Waals surface area contributed by atoms with Crippen LogP contribution in [0.15, 0.2) is 53.4 Å². The van der Waals surface area contributed by atoms with Crippen LogP contribution in [0.2, 0.25) is 0 Å². The van der Waals surface area contributed by atoms with E-state index in [1.54, 1.807) is 6.92 Å². The lowest BCUT2D eigenvalue weighted by Gasteiger charge is -2.23. The summed E-state index contributed by atoms with van der Waals surface area (Å²) in [5.41, 5.74) is 0.206. The van der Waals surface area contributed by atoms with E-state index in [-0.39, 0.29) is 22.7 Å². The van der Waals surface area contributed by atoms with E-state index in [9.17, 15) is 17.6 Å². The van der Waals surface area contributed by atoms with Crippen LogP contribution in [-0.2, 0) is 10.0 Å². The molecule has 1 N–H and O–H groups in total. The summed E-state index contributed by atoms with van der Waals surface area (Å²) in [4.78, 5) is 10.8. The number of rotatable bonds is 5. The minimum Gasteiger partial charge on any atom is -0.478 e. The van der Waals surface area contributed by atoms with Crippen LogP contribution in [0.3, 0.4) is 0 Å². The van der Waals surface area contributed by atoms with E-state index >= 15 is 0 Å². The zero-order valence-corrected chi connectivity index (χ0v) is 12.5. The van der Waals surface area contributed by atoms with Gasteiger partial charge in [0.15, 0.2) is 0 Å². The van der Waals surface area contributed by atoms with Crippen LogP contribution in [-0.4, -0.2) is 26.0 Å². The monoisotopic (exact) mass is 323 g/mol. The Labute approximate surface area is 127 Å². The molecule has 0 radical (unpaired) electrons. The van der Waals surface area contributed by atoms with Gasteiger partial charge in [0.2, 0.25) is 0 Å². The highest BCUT2D eigenvalue weighted by atomic mass is 32.2. The predicted molar refractivity (Wildman–Crippen MR) is 80.0 cm³/mol. The van der Waals surface area contributed by atoms with Crippen LogP contribution in [0, 0.1) is 5.82 Å². The highest BCUT2D eigenvalue weighted by Crippen LogP contribution is 2.24. The number of hydrogen-bond donors (Lipinski definition) is 1. The predicted octanol–water partition coefficient (Wildman–Crippen LogP) is 2.74. The molecule has 0 aliphatic heterocycles. The fraction of sp³-hybridized carbons (Fsp3) is 0.133. The maximum Gasteiger partial charge on any atom is 0.335 e. The van der Waals surface area contributed by atoms with Gasteiger partial charge < -0.3 is 5.11 Å². The second-order valence-corrected chi connectivity index (χ2v) is 6.34. The maximum absolute atomic E-state index is 13.3. The Morgan fingerprint density at radius 1 is 1.18 bits per heavy atom. The van der Waals surface area contributed by atoms with Crippen LogP contribution in [0.1, 0.15) is 17.3 Å². The van der Waals surface area contributed by atoms with Crippen molar-refractivity contribution in [3.05, 3.63) is 59.9 Å². The summed E-state index contributed by atoms with van der Waals surface area (Å²) >= 11 is 0. The van der Waals surface area contributed by atoms with Crippen LogP contribution < -0.4 is 4.31 Å². The molecule has 0 atom stereocenters. The maximum atomic E-state index is 13.3. The first kappa shape index (κ1) is 16.0. The smallest absolute Gasteiger partial charge is 0.335 e. The van der Waals surface area contributed by atoms with E-state index in [0.717, 1.165) is 10.4 Å². The summed E-state index contributed by atoms with van der Waals surface area (Å²) in [6, 6.07) is 10.2. The van der Waals surface area contributed by atoms with Crippen molar-refractivity contribution in [1.29, 1.82) is 0 Å². The summed E-state index contributed by atoms with van der Waals surface area (Å²) in [5, 5.41) is 8.84. The van der Waals surface area contributed by atoms with Gasteiger partial charge in [0.05, 0.1) is 16.1 Å². The van der Waals surface area contributed by atoms with Crippen LogP contribution >= 0.6 is 0 Å². The number of nitrogens with zero attached hydrogens (tertiary/aromatic N) is 1. The van der Waals surface area contributed by atoms with Gasteiger partial charge in [-0.25, -0.2) is 17.6 Å². The number of carbonyl (C=O) groups is 1. The van der Waals surface area contributed by atoms with Crippen LogP contribution in [0.5, 0.6) is 0 Å². The standard InChI is InChI=1S/C15H14FNO4S/c1-2-17(13-5-3-4-12(16)10-13)22(20,21)14-8-6-11(7-9-14)15(18)19/h3-10H,2H2,1H3,(H,18,19). The minimum atomic E-state index is -3.89. The van der Waals surface area contributed by atoms with E-state index in [4.69, 9.17) is 5.11 Å². The van der Waals surface area contributed by atoms with E-state index in [2.05, 4.69) is 0 Å². The fourth-order valence-corrected chi connectivity index (χ4v) is 3.48. The molecule has 2 aromatic rings. The molecule has 2 rings (SSSR count). The Hall–Kier alpha value is -2.41. The normalized spacial score (nSPS) is 11.2. The third-order valence-corrected chi connectivity index (χ3v) is 4.99. The summed E-state index contributed by atoms with van der Waals surface area (Å²) in [6.07, 6.45) is 0. The molecule has 7 heteroatoms. The molecule has 0 saturated carbocycles. The molecule has 0 amide bonds. The molecule has 116 valence electrons. The molecular weight excluding hydrogens is 309 g/mol. The van der Waals surface area contributed by atoms with Crippen molar-refractivity contribution >= 4 is 21.7 Å². The van der Waals surface area contributed by atoms with Gasteiger partial charge in [-0.05, 0) is 49.4 Å². The van der Waals surface area contributed by atoms with E-state index in [1.165, 1.54) is 42.5 Å². The number of sulfonamides is 1. The molecule has 0 saturated heterocycles. The van der Waals surface area contributed by atoms with Gasteiger partial charge >= 0.3 is 5.97 Å². The average Bonchev–Trinajstić information content (AvgIpc) is 2.48. The summed E-state index contributed by atoms with van der Waals surface area (Å²) < 4.78 is 39.6. The summed E-state index contributed by atoms with van der Waals surface area (Å²) in [6.45, 7) is 1.75. The second kappa shape index (κ2) is 6.15. The zero-order chi connectivity index (χ0) is 16.3. The number of aromatic carboxylic acids is 1. The van der Waals surface area contributed by atoms with Crippen molar-refractivity contribution in [2.75, 3.05) is 10.8 Å². The largest absolute Gasteiger partial charge is 0.478 e. The lowest BCUT2D eigenvalue weighted by molar-refractivity contribution is 0.0696. The Bertz CT molecular complexity index is 787. The number of hydrogen-bond acceptors (Lipinski definition) is 3. The van der Waals surface area contributed by atoms with Gasteiger partial charge in [-0.1, -0.05) is 6.07 Å². The van der Waals surface area contributed by atoms with Gasteiger partial charge in [-0.2, -0.15) is 0 Å². The first-order valence-electron chi connectivity index (χ1n) is 6.48. The Morgan fingerprint density at radius 3 is 2.32 bits per heavy atom. The molecule has 0 bridgehead atoms. The molecule has 0 aliphatic rings. The molecule has 0 spiro atoms. The molecule has 2 aromatic carbocycles. The van der Waals surface area contributed by atoms with Crippen LogP contribution in [0.4, 0.5) is 10.1 Å². The second-order valence-electron chi connectivity index (χ2n) is 4.48. The fourth-order valence-electron chi connectivity index (χ4n) is 2.02. The number of halogens is 1. The van der Waals surface area contributed by atoms with Crippen molar-refractivity contribution in [1.82, 2.24) is 0 Å².